The largest absolute Gasteiger partial charge is 0.462 e. The maximum atomic E-state index is 13.0. The van der Waals surface area contributed by atoms with Gasteiger partial charge in [0.2, 0.25) is 5.78 Å². The fourth-order valence-electron chi connectivity index (χ4n) is 3.16. The highest BCUT2D eigenvalue weighted by Crippen LogP contribution is 2.33. The molecule has 4 rings (SSSR count). The second kappa shape index (κ2) is 5.34. The first-order valence-corrected chi connectivity index (χ1v) is 7.76. The van der Waals surface area contributed by atoms with Gasteiger partial charge in [0, 0.05) is 6.20 Å². The lowest BCUT2D eigenvalue weighted by Gasteiger charge is -2.14. The van der Waals surface area contributed by atoms with Crippen LogP contribution >= 0.6 is 0 Å². The number of hydrogen-bond donors (Lipinski definition) is 0. The van der Waals surface area contributed by atoms with E-state index in [0.29, 0.717) is 5.52 Å². The summed E-state index contributed by atoms with van der Waals surface area (Å²) in [6.07, 6.45) is 4.25. The van der Waals surface area contributed by atoms with E-state index in [2.05, 4.69) is 10.2 Å². The molecule has 0 N–H and O–H groups in total. The first-order valence-electron chi connectivity index (χ1n) is 7.76. The molecule has 0 radical (unpaired) electrons. The van der Waals surface area contributed by atoms with Gasteiger partial charge in [0.05, 0.1) is 46.8 Å². The molecule has 124 valence electrons. The Morgan fingerprint density at radius 1 is 1.12 bits per heavy atom. The van der Waals surface area contributed by atoms with Gasteiger partial charge in [-0.1, -0.05) is 6.07 Å². The van der Waals surface area contributed by atoms with E-state index in [4.69, 9.17) is 4.74 Å². The van der Waals surface area contributed by atoms with E-state index in [1.54, 1.807) is 23.6 Å². The number of aryl methyl sites for hydroxylation is 1. The van der Waals surface area contributed by atoms with Crippen LogP contribution in [0.15, 0.2) is 30.7 Å². The minimum Gasteiger partial charge on any atom is -0.462 e. The van der Waals surface area contributed by atoms with Gasteiger partial charge in [-0.2, -0.15) is 10.2 Å². The van der Waals surface area contributed by atoms with Crippen molar-refractivity contribution in [2.75, 3.05) is 6.61 Å². The summed E-state index contributed by atoms with van der Waals surface area (Å²) in [4.78, 5) is 38.5. The lowest BCUT2D eigenvalue weighted by atomic mass is 9.88. The van der Waals surface area contributed by atoms with Crippen molar-refractivity contribution in [3.05, 3.63) is 64.2 Å². The monoisotopic (exact) mass is 335 g/mol. The van der Waals surface area contributed by atoms with Crippen molar-refractivity contribution in [1.82, 2.24) is 14.6 Å². The highest BCUT2D eigenvalue weighted by atomic mass is 16.5. The standard InChI is InChI=1S/C18H13N3O4/c1-3-25-18(24)13-12-5-4-9(2)8-21(12)15-14(13)16(22)10-6-19-20-7-11(10)17(15)23/h4-8H,3H2,1-2H3. The van der Waals surface area contributed by atoms with E-state index < -0.39 is 11.8 Å². The molecule has 0 aromatic carbocycles. The second-order valence-electron chi connectivity index (χ2n) is 5.76. The Kier molecular flexibility index (Phi) is 3.24. The molecule has 7 nitrogen and oxygen atoms in total. The first-order chi connectivity index (χ1) is 12.0. The maximum Gasteiger partial charge on any atom is 0.341 e. The summed E-state index contributed by atoms with van der Waals surface area (Å²) in [7, 11) is 0. The van der Waals surface area contributed by atoms with Crippen LogP contribution in [0.25, 0.3) is 5.52 Å². The van der Waals surface area contributed by atoms with Crippen LogP contribution in [-0.2, 0) is 4.74 Å². The van der Waals surface area contributed by atoms with Crippen molar-refractivity contribution < 1.29 is 19.1 Å². The number of pyridine rings is 1. The molecule has 1 aliphatic rings. The van der Waals surface area contributed by atoms with E-state index in [1.807, 2.05) is 13.0 Å². The van der Waals surface area contributed by atoms with Crippen LogP contribution in [-0.4, -0.2) is 38.7 Å². The van der Waals surface area contributed by atoms with Crippen LogP contribution in [0.2, 0.25) is 0 Å². The Bertz CT molecular complexity index is 1080. The molecule has 25 heavy (non-hydrogen) atoms. The summed E-state index contributed by atoms with van der Waals surface area (Å²) < 4.78 is 6.70. The zero-order chi connectivity index (χ0) is 17.7. The molecule has 0 atom stereocenters. The molecular formula is C18H13N3O4. The lowest BCUT2D eigenvalue weighted by molar-refractivity contribution is 0.0526. The van der Waals surface area contributed by atoms with Crippen molar-refractivity contribution in [3.8, 4) is 0 Å². The Labute approximate surface area is 142 Å². The van der Waals surface area contributed by atoms with Crippen molar-refractivity contribution >= 4 is 23.1 Å². The zero-order valence-electron chi connectivity index (χ0n) is 13.6. The van der Waals surface area contributed by atoms with Gasteiger partial charge in [-0.25, -0.2) is 4.79 Å². The van der Waals surface area contributed by atoms with Crippen molar-refractivity contribution in [1.29, 1.82) is 0 Å². The van der Waals surface area contributed by atoms with Gasteiger partial charge < -0.3 is 9.14 Å². The fraction of sp³-hybridized carbons (Fsp3) is 0.167. The molecule has 0 spiro atoms. The summed E-state index contributed by atoms with van der Waals surface area (Å²) in [5.41, 5.74) is 2.01. The van der Waals surface area contributed by atoms with Gasteiger partial charge >= 0.3 is 5.97 Å². The topological polar surface area (TPSA) is 90.6 Å². The number of carbonyl (C=O) groups excluding carboxylic acids is 3. The summed E-state index contributed by atoms with van der Waals surface area (Å²) in [5.74, 6) is -1.42. The van der Waals surface area contributed by atoms with Gasteiger partial charge in [0.25, 0.3) is 0 Å². The van der Waals surface area contributed by atoms with E-state index in [9.17, 15) is 14.4 Å². The molecule has 3 heterocycles. The first kappa shape index (κ1) is 15.2. The van der Waals surface area contributed by atoms with Crippen LogP contribution in [0.3, 0.4) is 0 Å². The highest BCUT2D eigenvalue weighted by molar-refractivity contribution is 6.31. The zero-order valence-corrected chi connectivity index (χ0v) is 13.6. The Morgan fingerprint density at radius 3 is 2.48 bits per heavy atom. The van der Waals surface area contributed by atoms with Crippen molar-refractivity contribution in [3.63, 3.8) is 0 Å². The van der Waals surface area contributed by atoms with E-state index >= 15 is 0 Å². The number of aromatic nitrogens is 3. The molecule has 1 aliphatic carbocycles. The van der Waals surface area contributed by atoms with Gasteiger partial charge in [-0.3, -0.25) is 9.59 Å². The van der Waals surface area contributed by atoms with E-state index in [-0.39, 0.29) is 40.3 Å². The Hall–Kier alpha value is -3.35. The molecule has 0 fully saturated rings. The smallest absolute Gasteiger partial charge is 0.341 e. The third-order valence-electron chi connectivity index (χ3n) is 4.22. The molecule has 0 unspecified atom stereocenters. The van der Waals surface area contributed by atoms with E-state index in [0.717, 1.165) is 5.56 Å². The van der Waals surface area contributed by atoms with Crippen LogP contribution in [0.5, 0.6) is 0 Å². The molecule has 0 saturated heterocycles. The third-order valence-corrected chi connectivity index (χ3v) is 4.22. The number of ether oxygens (including phenoxy) is 1. The van der Waals surface area contributed by atoms with Gasteiger partial charge in [-0.05, 0) is 25.5 Å². The molecule has 0 saturated carbocycles. The normalized spacial score (nSPS) is 12.9. The number of hydrogen-bond acceptors (Lipinski definition) is 6. The summed E-state index contributed by atoms with van der Waals surface area (Å²) in [6, 6.07) is 3.52. The molecule has 0 amide bonds. The molecule has 7 heteroatoms. The average molecular weight is 335 g/mol. The van der Waals surface area contributed by atoms with Crippen molar-refractivity contribution in [2.24, 2.45) is 0 Å². The lowest BCUT2D eigenvalue weighted by Crippen LogP contribution is -2.23. The van der Waals surface area contributed by atoms with Gasteiger partial charge in [0.15, 0.2) is 5.78 Å². The van der Waals surface area contributed by atoms with Crippen molar-refractivity contribution in [2.45, 2.75) is 13.8 Å². The summed E-state index contributed by atoms with van der Waals surface area (Å²) >= 11 is 0. The molecule has 0 bridgehead atoms. The van der Waals surface area contributed by atoms with Crippen LogP contribution < -0.4 is 0 Å². The number of nitrogens with zero attached hydrogens (tertiary/aromatic N) is 3. The maximum absolute atomic E-state index is 13.0. The molecular weight excluding hydrogens is 322 g/mol. The molecule has 3 aromatic heterocycles. The SMILES string of the molecule is CCOC(=O)c1c2c(n3cc(C)ccc13)C(=O)c1cnncc1C2=O. The molecule has 0 aliphatic heterocycles. The fourth-order valence-corrected chi connectivity index (χ4v) is 3.16. The number of carbonyl (C=O) groups is 3. The average Bonchev–Trinajstić information content (AvgIpc) is 2.94. The predicted molar refractivity (Wildman–Crippen MR) is 87.0 cm³/mol. The number of rotatable bonds is 2. The third kappa shape index (κ3) is 2.02. The summed E-state index contributed by atoms with van der Waals surface area (Å²) in [5, 5.41) is 7.39. The number of ketones is 2. The second-order valence-corrected chi connectivity index (χ2v) is 5.76. The Balaban J connectivity index is 2.13. The number of fused-ring (bicyclic) bond motifs is 4. The van der Waals surface area contributed by atoms with Crippen LogP contribution in [0, 0.1) is 6.92 Å². The molecule has 3 aromatic rings. The number of esters is 1. The minimum absolute atomic E-state index is 0.0644. The van der Waals surface area contributed by atoms with Gasteiger partial charge in [0.1, 0.15) is 5.69 Å². The van der Waals surface area contributed by atoms with Crippen LogP contribution in [0.1, 0.15) is 54.8 Å². The predicted octanol–water partition coefficient (Wildman–Crippen LogP) is 1.99. The van der Waals surface area contributed by atoms with Gasteiger partial charge in [-0.15, -0.1) is 0 Å². The quantitative estimate of drug-likeness (QED) is 0.520. The highest BCUT2D eigenvalue weighted by Gasteiger charge is 2.38. The summed E-state index contributed by atoms with van der Waals surface area (Å²) in [6.45, 7) is 3.72. The van der Waals surface area contributed by atoms with E-state index in [1.165, 1.54) is 12.4 Å². The minimum atomic E-state index is -0.628. The Morgan fingerprint density at radius 2 is 1.80 bits per heavy atom. The van der Waals surface area contributed by atoms with Crippen LogP contribution in [0.4, 0.5) is 0 Å².